The summed E-state index contributed by atoms with van der Waals surface area (Å²) in [5, 5.41) is 13.4. The molecule has 0 aliphatic rings. The molecular weight excluding hydrogens is 291 g/mol. The maximum atomic E-state index is 8.76. The standard InChI is InChI=1S/C13H7Cl3N2/c14-9-2-3-10(15)13(6-9)18-12-4-1-8(7-17)5-11(12)16/h1-6,18H. The zero-order chi connectivity index (χ0) is 13.1. The van der Waals surface area contributed by atoms with Gasteiger partial charge in [-0.1, -0.05) is 34.8 Å². The molecule has 1 N–H and O–H groups in total. The van der Waals surface area contributed by atoms with Gasteiger partial charge in [-0.2, -0.15) is 5.26 Å². The van der Waals surface area contributed by atoms with Gasteiger partial charge in [0.25, 0.3) is 0 Å². The molecule has 0 aromatic heterocycles. The number of anilines is 2. The first-order valence-electron chi connectivity index (χ1n) is 5.02. The molecule has 0 fully saturated rings. The van der Waals surface area contributed by atoms with Crippen LogP contribution in [0, 0.1) is 11.3 Å². The van der Waals surface area contributed by atoms with E-state index in [0.29, 0.717) is 32.0 Å². The molecule has 0 unspecified atom stereocenters. The summed E-state index contributed by atoms with van der Waals surface area (Å²) in [6.45, 7) is 0. The molecule has 0 amide bonds. The van der Waals surface area contributed by atoms with Gasteiger partial charge in [-0.3, -0.25) is 0 Å². The highest BCUT2D eigenvalue weighted by atomic mass is 35.5. The van der Waals surface area contributed by atoms with E-state index in [1.54, 1.807) is 36.4 Å². The van der Waals surface area contributed by atoms with Crippen molar-refractivity contribution in [1.82, 2.24) is 0 Å². The summed E-state index contributed by atoms with van der Waals surface area (Å²) in [6.07, 6.45) is 0. The third-order valence-electron chi connectivity index (χ3n) is 2.30. The maximum Gasteiger partial charge on any atom is 0.0992 e. The maximum absolute atomic E-state index is 8.76. The number of hydrogen-bond acceptors (Lipinski definition) is 2. The molecule has 5 heteroatoms. The van der Waals surface area contributed by atoms with Crippen LogP contribution in [0.1, 0.15) is 5.56 Å². The van der Waals surface area contributed by atoms with Gasteiger partial charge in [0, 0.05) is 5.02 Å². The molecule has 0 heterocycles. The van der Waals surface area contributed by atoms with E-state index in [0.717, 1.165) is 0 Å². The molecule has 0 aliphatic heterocycles. The number of nitriles is 1. The normalized spacial score (nSPS) is 9.89. The minimum Gasteiger partial charge on any atom is -0.353 e. The Kier molecular flexibility index (Phi) is 3.98. The van der Waals surface area contributed by atoms with Crippen LogP contribution in [-0.4, -0.2) is 0 Å². The number of nitrogens with zero attached hydrogens (tertiary/aromatic N) is 1. The topological polar surface area (TPSA) is 35.8 Å². The van der Waals surface area contributed by atoms with Gasteiger partial charge in [-0.25, -0.2) is 0 Å². The first-order chi connectivity index (χ1) is 8.60. The van der Waals surface area contributed by atoms with Gasteiger partial charge in [0.05, 0.1) is 33.1 Å². The Hall–Kier alpha value is -1.40. The molecule has 0 spiro atoms. The van der Waals surface area contributed by atoms with Crippen molar-refractivity contribution >= 4 is 46.2 Å². The van der Waals surface area contributed by atoms with Crippen molar-refractivity contribution in [3.05, 3.63) is 57.0 Å². The van der Waals surface area contributed by atoms with E-state index >= 15 is 0 Å². The van der Waals surface area contributed by atoms with Crippen LogP contribution in [0.25, 0.3) is 0 Å². The van der Waals surface area contributed by atoms with Crippen LogP contribution in [0.3, 0.4) is 0 Å². The second kappa shape index (κ2) is 5.49. The van der Waals surface area contributed by atoms with E-state index < -0.39 is 0 Å². The van der Waals surface area contributed by atoms with Crippen LogP contribution in [0.5, 0.6) is 0 Å². The van der Waals surface area contributed by atoms with E-state index in [4.69, 9.17) is 40.1 Å². The predicted octanol–water partition coefficient (Wildman–Crippen LogP) is 5.26. The number of benzene rings is 2. The van der Waals surface area contributed by atoms with Gasteiger partial charge in [-0.15, -0.1) is 0 Å². The van der Waals surface area contributed by atoms with Crippen LogP contribution >= 0.6 is 34.8 Å². The van der Waals surface area contributed by atoms with Crippen LogP contribution in [-0.2, 0) is 0 Å². The van der Waals surface area contributed by atoms with E-state index in [1.165, 1.54) is 0 Å². The lowest BCUT2D eigenvalue weighted by Gasteiger charge is -2.10. The zero-order valence-corrected chi connectivity index (χ0v) is 11.3. The molecule has 0 saturated carbocycles. The highest BCUT2D eigenvalue weighted by Gasteiger charge is 2.05. The molecule has 2 aromatic carbocycles. The van der Waals surface area contributed by atoms with Crippen molar-refractivity contribution in [3.8, 4) is 6.07 Å². The summed E-state index contributed by atoms with van der Waals surface area (Å²) in [4.78, 5) is 0. The molecule has 2 rings (SSSR count). The molecule has 18 heavy (non-hydrogen) atoms. The van der Waals surface area contributed by atoms with Gasteiger partial charge in [0.1, 0.15) is 0 Å². The first kappa shape index (κ1) is 13.0. The smallest absolute Gasteiger partial charge is 0.0992 e. The average molecular weight is 298 g/mol. The van der Waals surface area contributed by atoms with Crippen molar-refractivity contribution in [1.29, 1.82) is 5.26 Å². The summed E-state index contributed by atoms with van der Waals surface area (Å²) >= 11 is 18.0. The predicted molar refractivity (Wildman–Crippen MR) is 75.9 cm³/mol. The average Bonchev–Trinajstić information content (AvgIpc) is 2.36. The monoisotopic (exact) mass is 296 g/mol. The Bertz CT molecular complexity index is 633. The lowest BCUT2D eigenvalue weighted by atomic mass is 10.2. The molecule has 90 valence electrons. The lowest BCUT2D eigenvalue weighted by Crippen LogP contribution is -1.92. The number of hydrogen-bond donors (Lipinski definition) is 1. The quantitative estimate of drug-likeness (QED) is 0.820. The van der Waals surface area contributed by atoms with E-state index in [-0.39, 0.29) is 0 Å². The second-order valence-electron chi connectivity index (χ2n) is 3.56. The zero-order valence-electron chi connectivity index (χ0n) is 9.05. The molecule has 2 nitrogen and oxygen atoms in total. The first-order valence-corrected chi connectivity index (χ1v) is 6.15. The summed E-state index contributed by atoms with van der Waals surface area (Å²) in [6, 6.07) is 12.1. The third-order valence-corrected chi connectivity index (χ3v) is 3.17. The fourth-order valence-electron chi connectivity index (χ4n) is 1.42. The van der Waals surface area contributed by atoms with Crippen molar-refractivity contribution in [2.75, 3.05) is 5.32 Å². The van der Waals surface area contributed by atoms with Crippen LogP contribution in [0.2, 0.25) is 15.1 Å². The van der Waals surface area contributed by atoms with Crippen molar-refractivity contribution in [2.24, 2.45) is 0 Å². The second-order valence-corrected chi connectivity index (χ2v) is 4.81. The molecule has 0 saturated heterocycles. The minimum atomic E-state index is 0.449. The molecule has 0 atom stereocenters. The van der Waals surface area contributed by atoms with Crippen molar-refractivity contribution in [2.45, 2.75) is 0 Å². The molecule has 2 aromatic rings. The number of nitrogens with one attached hydrogen (secondary N) is 1. The van der Waals surface area contributed by atoms with E-state index in [9.17, 15) is 0 Å². The highest BCUT2D eigenvalue weighted by Crippen LogP contribution is 2.31. The summed E-state index contributed by atoms with van der Waals surface area (Å²) in [5.41, 5.74) is 1.83. The van der Waals surface area contributed by atoms with Crippen LogP contribution in [0.15, 0.2) is 36.4 Å². The largest absolute Gasteiger partial charge is 0.353 e. The fourth-order valence-corrected chi connectivity index (χ4v) is 1.99. The van der Waals surface area contributed by atoms with Gasteiger partial charge >= 0.3 is 0 Å². The van der Waals surface area contributed by atoms with E-state index in [2.05, 4.69) is 5.32 Å². The number of halogens is 3. The highest BCUT2D eigenvalue weighted by molar-refractivity contribution is 6.36. The summed E-state index contributed by atoms with van der Waals surface area (Å²) in [7, 11) is 0. The molecule has 0 radical (unpaired) electrons. The lowest BCUT2D eigenvalue weighted by molar-refractivity contribution is 1.47. The van der Waals surface area contributed by atoms with Gasteiger partial charge in [0.2, 0.25) is 0 Å². The molecule has 0 bridgehead atoms. The van der Waals surface area contributed by atoms with Crippen LogP contribution < -0.4 is 5.32 Å². The number of rotatable bonds is 2. The Morgan fingerprint density at radius 2 is 1.67 bits per heavy atom. The Morgan fingerprint density at radius 3 is 2.33 bits per heavy atom. The minimum absolute atomic E-state index is 0.449. The van der Waals surface area contributed by atoms with Crippen molar-refractivity contribution in [3.63, 3.8) is 0 Å². The Labute approximate surface area is 120 Å². The molecule has 0 aliphatic carbocycles. The SMILES string of the molecule is N#Cc1ccc(Nc2cc(Cl)ccc2Cl)c(Cl)c1. The molecular formula is C13H7Cl3N2. The van der Waals surface area contributed by atoms with Gasteiger partial charge < -0.3 is 5.32 Å². The third kappa shape index (κ3) is 2.88. The summed E-state index contributed by atoms with van der Waals surface area (Å²) < 4.78 is 0. The summed E-state index contributed by atoms with van der Waals surface area (Å²) in [5.74, 6) is 0. The Balaban J connectivity index is 2.34. The fraction of sp³-hybridized carbons (Fsp3) is 0. The van der Waals surface area contributed by atoms with Crippen molar-refractivity contribution < 1.29 is 0 Å². The van der Waals surface area contributed by atoms with E-state index in [1.807, 2.05) is 6.07 Å². The Morgan fingerprint density at radius 1 is 0.889 bits per heavy atom. The van der Waals surface area contributed by atoms with Gasteiger partial charge in [0.15, 0.2) is 0 Å². The van der Waals surface area contributed by atoms with Crippen LogP contribution in [0.4, 0.5) is 11.4 Å². The van der Waals surface area contributed by atoms with Gasteiger partial charge in [-0.05, 0) is 36.4 Å².